The Bertz CT molecular complexity index is 1680. The van der Waals surface area contributed by atoms with Gasteiger partial charge in [0.15, 0.2) is 11.8 Å². The highest BCUT2D eigenvalue weighted by atomic mass is 79.9. The summed E-state index contributed by atoms with van der Waals surface area (Å²) in [7, 11) is -0.638. The molecule has 0 bridgehead atoms. The van der Waals surface area contributed by atoms with Crippen LogP contribution in [0, 0.1) is 5.92 Å². The number of carbonyl (C=O) groups excluding carboxylic acids is 3. The average molecular weight is 708 g/mol. The zero-order chi connectivity index (χ0) is 33.0. The minimum Gasteiger partial charge on any atom is -0.497 e. The molecule has 3 aromatic rings. The predicted molar refractivity (Wildman–Crippen MR) is 181 cm³/mol. The van der Waals surface area contributed by atoms with Gasteiger partial charge in [-0.05, 0) is 60.0 Å². The van der Waals surface area contributed by atoms with Crippen molar-refractivity contribution in [3.63, 3.8) is 0 Å². The van der Waals surface area contributed by atoms with Crippen LogP contribution in [0.1, 0.15) is 37.8 Å². The molecule has 1 N–H and O–H groups in total. The Morgan fingerprint density at radius 2 is 1.85 bits per heavy atom. The standard InChI is InChI=1S/C35H39BrN2O7Si/c1-21-33(46(4,5)27-12-10-26(43-3)11-13-27)30(15-16-39)45-35(21)28-18-24(36)9-14-29(28)37(34(35)42)20-23-7-6-8-25(17-23)38-31(41)19-32(38)44-22(2)40/h6-14,17-18,21,30,32-33,39H,15-16,19-20H2,1-5H3/t21-,30+,32?,33-,35+/m1/s1. The highest BCUT2D eigenvalue weighted by Crippen LogP contribution is 2.60. The number of benzene rings is 3. The molecule has 9 nitrogen and oxygen atoms in total. The highest BCUT2D eigenvalue weighted by Gasteiger charge is 2.66. The molecule has 0 aromatic heterocycles. The van der Waals surface area contributed by atoms with Crippen molar-refractivity contribution in [3.8, 4) is 5.75 Å². The quantitative estimate of drug-likeness (QED) is 0.185. The Labute approximate surface area is 278 Å². The first kappa shape index (κ1) is 32.4. The Morgan fingerprint density at radius 1 is 1.11 bits per heavy atom. The maximum absolute atomic E-state index is 14.9. The van der Waals surface area contributed by atoms with Gasteiger partial charge >= 0.3 is 5.97 Å². The van der Waals surface area contributed by atoms with Gasteiger partial charge < -0.3 is 24.2 Å². The molecule has 0 saturated carbocycles. The van der Waals surface area contributed by atoms with E-state index < -0.39 is 25.9 Å². The summed E-state index contributed by atoms with van der Waals surface area (Å²) in [5.41, 5.74) is 1.82. The lowest BCUT2D eigenvalue weighted by molar-refractivity contribution is -0.154. The van der Waals surface area contributed by atoms with Gasteiger partial charge in [-0.3, -0.25) is 19.3 Å². The van der Waals surface area contributed by atoms with E-state index in [0.717, 1.165) is 27.0 Å². The number of halogens is 1. The summed E-state index contributed by atoms with van der Waals surface area (Å²) in [6.07, 6.45) is -0.393. The van der Waals surface area contributed by atoms with Crippen LogP contribution < -0.4 is 19.7 Å². The smallest absolute Gasteiger partial charge is 0.304 e. The summed E-state index contributed by atoms with van der Waals surface area (Å²) in [5.74, 6) is -0.115. The first-order chi connectivity index (χ1) is 21.9. The molecule has 5 atom stereocenters. The van der Waals surface area contributed by atoms with Crippen LogP contribution in [0.5, 0.6) is 5.75 Å². The van der Waals surface area contributed by atoms with Gasteiger partial charge in [0.1, 0.15) is 5.75 Å². The van der Waals surface area contributed by atoms with Gasteiger partial charge in [-0.25, -0.2) is 0 Å². The third-order valence-electron chi connectivity index (χ3n) is 9.95. The molecule has 3 heterocycles. The van der Waals surface area contributed by atoms with E-state index in [0.29, 0.717) is 12.1 Å². The van der Waals surface area contributed by atoms with Crippen LogP contribution in [0.15, 0.2) is 71.2 Å². The lowest BCUT2D eigenvalue weighted by Crippen LogP contribution is -2.54. The number of ether oxygens (including phenoxy) is 3. The van der Waals surface area contributed by atoms with E-state index in [2.05, 4.69) is 48.1 Å². The molecule has 242 valence electrons. The number of rotatable bonds is 9. The van der Waals surface area contributed by atoms with Crippen LogP contribution in [0.2, 0.25) is 18.6 Å². The van der Waals surface area contributed by atoms with Crippen molar-refractivity contribution in [1.29, 1.82) is 0 Å². The normalized spacial score (nSPS) is 25.5. The SMILES string of the molecule is COc1ccc([Si](C)(C)[C@H]2[C@H](CCO)O[C@@]3(C(=O)N(Cc4cccc(N5C(=O)CC5OC(C)=O)c4)c4ccc(Br)cc43)[C@@H]2C)cc1. The number of aliphatic hydroxyl groups is 1. The number of anilines is 2. The zero-order valence-corrected chi connectivity index (χ0v) is 29.2. The Morgan fingerprint density at radius 3 is 2.50 bits per heavy atom. The lowest BCUT2D eigenvalue weighted by Gasteiger charge is -2.39. The Hall–Kier alpha value is -3.51. The number of methoxy groups -OCH3 is 1. The molecule has 3 aromatic carbocycles. The topological polar surface area (TPSA) is 106 Å². The van der Waals surface area contributed by atoms with Crippen molar-refractivity contribution < 1.29 is 33.7 Å². The largest absolute Gasteiger partial charge is 0.497 e. The van der Waals surface area contributed by atoms with E-state index in [1.54, 1.807) is 18.1 Å². The van der Waals surface area contributed by atoms with E-state index in [1.807, 2.05) is 48.5 Å². The second kappa shape index (κ2) is 12.3. The van der Waals surface area contributed by atoms with Crippen molar-refractivity contribution in [2.24, 2.45) is 5.92 Å². The third kappa shape index (κ3) is 5.27. The van der Waals surface area contributed by atoms with Crippen LogP contribution in [-0.4, -0.2) is 57.0 Å². The van der Waals surface area contributed by atoms with Gasteiger partial charge in [-0.15, -0.1) is 0 Å². The second-order valence-electron chi connectivity index (χ2n) is 12.9. The molecule has 2 fully saturated rings. The van der Waals surface area contributed by atoms with Crippen LogP contribution in [-0.2, 0) is 36.0 Å². The van der Waals surface area contributed by atoms with E-state index in [9.17, 15) is 19.5 Å². The number of carbonyl (C=O) groups is 3. The fourth-order valence-corrected chi connectivity index (χ4v) is 12.2. The molecule has 2 saturated heterocycles. The summed E-state index contributed by atoms with van der Waals surface area (Å²) in [6, 6.07) is 21.5. The number of β-lactam (4-membered cyclic amide) rings is 1. The van der Waals surface area contributed by atoms with Crippen molar-refractivity contribution in [3.05, 3.63) is 82.3 Å². The average Bonchev–Trinajstić information content (AvgIpc) is 3.43. The minimum atomic E-state index is -2.29. The Balaban J connectivity index is 1.37. The van der Waals surface area contributed by atoms with E-state index >= 15 is 0 Å². The van der Waals surface area contributed by atoms with E-state index in [-0.39, 0.29) is 48.9 Å². The van der Waals surface area contributed by atoms with Gasteiger partial charge in [0.25, 0.3) is 5.91 Å². The maximum Gasteiger partial charge on any atom is 0.304 e. The number of aliphatic hydroxyl groups excluding tert-OH is 1. The fraction of sp³-hybridized carbons (Fsp3) is 0.400. The molecule has 6 rings (SSSR count). The summed E-state index contributed by atoms with van der Waals surface area (Å²) in [5, 5.41) is 11.4. The summed E-state index contributed by atoms with van der Waals surface area (Å²) in [4.78, 5) is 42.2. The monoisotopic (exact) mass is 706 g/mol. The third-order valence-corrected chi connectivity index (χ3v) is 14.8. The predicted octanol–water partition coefficient (Wildman–Crippen LogP) is 5.23. The number of nitrogens with zero attached hydrogens (tertiary/aromatic N) is 2. The molecule has 0 aliphatic carbocycles. The van der Waals surface area contributed by atoms with Crippen molar-refractivity contribution in [2.45, 2.75) is 69.8 Å². The van der Waals surface area contributed by atoms with E-state index in [4.69, 9.17) is 14.2 Å². The Kier molecular flexibility index (Phi) is 8.64. The number of fused-ring (bicyclic) bond motifs is 2. The molecule has 1 spiro atoms. The molecular formula is C35H39BrN2O7Si. The fourth-order valence-electron chi connectivity index (χ4n) is 7.81. The molecule has 11 heteroatoms. The van der Waals surface area contributed by atoms with Crippen molar-refractivity contribution in [1.82, 2.24) is 0 Å². The first-order valence-electron chi connectivity index (χ1n) is 15.6. The summed E-state index contributed by atoms with van der Waals surface area (Å²) in [6.45, 7) is 8.29. The second-order valence-corrected chi connectivity index (χ2v) is 18.5. The van der Waals surface area contributed by atoms with E-state index in [1.165, 1.54) is 17.0 Å². The lowest BCUT2D eigenvalue weighted by atomic mass is 9.82. The number of esters is 1. The van der Waals surface area contributed by atoms with Crippen LogP contribution in [0.3, 0.4) is 0 Å². The van der Waals surface area contributed by atoms with Gasteiger partial charge in [-0.2, -0.15) is 0 Å². The van der Waals surface area contributed by atoms with Gasteiger partial charge in [0, 0.05) is 35.2 Å². The van der Waals surface area contributed by atoms with Crippen molar-refractivity contribution in [2.75, 3.05) is 23.5 Å². The molecule has 3 aliphatic heterocycles. The molecule has 46 heavy (non-hydrogen) atoms. The van der Waals surface area contributed by atoms with Crippen LogP contribution in [0.4, 0.5) is 11.4 Å². The summed E-state index contributed by atoms with van der Waals surface area (Å²) < 4.78 is 18.6. The molecular weight excluding hydrogens is 668 g/mol. The summed E-state index contributed by atoms with van der Waals surface area (Å²) >= 11 is 3.64. The van der Waals surface area contributed by atoms with Gasteiger partial charge in [0.2, 0.25) is 5.91 Å². The van der Waals surface area contributed by atoms with Crippen LogP contribution >= 0.6 is 15.9 Å². The highest BCUT2D eigenvalue weighted by molar-refractivity contribution is 9.10. The van der Waals surface area contributed by atoms with Crippen LogP contribution in [0.25, 0.3) is 0 Å². The molecule has 1 unspecified atom stereocenters. The number of amides is 2. The molecule has 3 aliphatic rings. The maximum atomic E-state index is 14.9. The number of hydrogen-bond acceptors (Lipinski definition) is 7. The molecule has 0 radical (unpaired) electrons. The van der Waals surface area contributed by atoms with Gasteiger partial charge in [0.05, 0.1) is 39.9 Å². The number of hydrogen-bond donors (Lipinski definition) is 1. The van der Waals surface area contributed by atoms with Gasteiger partial charge in [-0.1, -0.05) is 65.4 Å². The minimum absolute atomic E-state index is 0.0303. The van der Waals surface area contributed by atoms with Crippen molar-refractivity contribution >= 4 is 58.3 Å². The first-order valence-corrected chi connectivity index (χ1v) is 19.4. The molecule has 2 amide bonds. The zero-order valence-electron chi connectivity index (χ0n) is 26.7.